The van der Waals surface area contributed by atoms with Crippen LogP contribution in [0.1, 0.15) is 16.8 Å². The van der Waals surface area contributed by atoms with Gasteiger partial charge in [-0.1, -0.05) is 11.6 Å². The van der Waals surface area contributed by atoms with Gasteiger partial charge in [0, 0.05) is 11.3 Å². The summed E-state index contributed by atoms with van der Waals surface area (Å²) < 4.78 is 0. The number of aryl methyl sites for hydroxylation is 1. The van der Waals surface area contributed by atoms with Gasteiger partial charge in [-0.3, -0.25) is 14.6 Å². The number of nitrogens with zero attached hydrogens (tertiary/aromatic N) is 1. The lowest BCUT2D eigenvalue weighted by molar-refractivity contribution is -0.120. The number of hydrogen-bond donors (Lipinski definition) is 4. The van der Waals surface area contributed by atoms with E-state index in [1.165, 1.54) is 25.3 Å². The van der Waals surface area contributed by atoms with E-state index in [9.17, 15) is 19.5 Å². The van der Waals surface area contributed by atoms with E-state index in [1.54, 1.807) is 6.07 Å². The molecule has 0 aliphatic heterocycles. The molecule has 0 aliphatic carbocycles. The van der Waals surface area contributed by atoms with Crippen molar-refractivity contribution >= 4 is 23.7 Å². The Morgan fingerprint density at radius 2 is 2.13 bits per heavy atom. The Labute approximate surface area is 134 Å². The van der Waals surface area contributed by atoms with Gasteiger partial charge in [-0.25, -0.2) is 10.2 Å². The number of carbonyl (C=O) groups excluding carboxylic acids is 1. The molecule has 0 saturated carbocycles. The molecule has 1 heterocycles. The Morgan fingerprint density at radius 3 is 2.78 bits per heavy atom. The number of phenolic OH excluding ortho intramolecular Hbond substituents is 1. The summed E-state index contributed by atoms with van der Waals surface area (Å²) in [7, 11) is 0. The van der Waals surface area contributed by atoms with Gasteiger partial charge in [0.05, 0.1) is 17.7 Å². The average Bonchev–Trinajstić information content (AvgIpc) is 2.46. The minimum Gasteiger partial charge on any atom is -0.506 e. The number of aromatic amines is 2. The molecule has 0 spiro atoms. The van der Waals surface area contributed by atoms with Crippen LogP contribution < -0.4 is 16.7 Å². The smallest absolute Gasteiger partial charge is 0.325 e. The molecule has 120 valence electrons. The van der Waals surface area contributed by atoms with Crippen LogP contribution in [0, 0.1) is 6.92 Å². The molecule has 0 aliphatic rings. The highest BCUT2D eigenvalue weighted by atomic mass is 35.5. The summed E-state index contributed by atoms with van der Waals surface area (Å²) in [6, 6.07) is 4.44. The van der Waals surface area contributed by atoms with E-state index in [1.807, 2.05) is 0 Å². The van der Waals surface area contributed by atoms with Gasteiger partial charge < -0.3 is 10.1 Å². The maximum Gasteiger partial charge on any atom is 0.325 e. The summed E-state index contributed by atoms with van der Waals surface area (Å²) in [5.74, 6) is -0.576. The molecule has 4 N–H and O–H groups in total. The lowest BCUT2D eigenvalue weighted by atomic mass is 10.1. The third-order valence-electron chi connectivity index (χ3n) is 2.97. The third kappa shape index (κ3) is 4.30. The average molecular weight is 337 g/mol. The first kappa shape index (κ1) is 16.5. The van der Waals surface area contributed by atoms with Crippen molar-refractivity contribution in [1.29, 1.82) is 0 Å². The second-order valence-corrected chi connectivity index (χ2v) is 5.10. The lowest BCUT2D eigenvalue weighted by Crippen LogP contribution is -2.30. The van der Waals surface area contributed by atoms with Crippen LogP contribution >= 0.6 is 11.6 Å². The number of aromatic hydroxyl groups is 1. The van der Waals surface area contributed by atoms with Crippen molar-refractivity contribution in [2.45, 2.75) is 13.3 Å². The number of hydrazone groups is 1. The molecule has 0 unspecified atom stereocenters. The maximum atomic E-state index is 11.8. The molecule has 0 atom stereocenters. The number of H-pyrrole nitrogens is 2. The first-order valence-electron chi connectivity index (χ1n) is 6.49. The zero-order valence-electron chi connectivity index (χ0n) is 12.0. The molecule has 1 aromatic carbocycles. The topological polar surface area (TPSA) is 127 Å². The molecule has 1 aromatic heterocycles. The number of nitrogens with one attached hydrogen (secondary N) is 3. The first-order valence-corrected chi connectivity index (χ1v) is 6.87. The van der Waals surface area contributed by atoms with Gasteiger partial charge in [0.25, 0.3) is 5.56 Å². The predicted molar refractivity (Wildman–Crippen MR) is 85.0 cm³/mol. The fraction of sp³-hybridized carbons (Fsp3) is 0.143. The number of benzene rings is 1. The molecule has 2 rings (SSSR count). The molecule has 0 radical (unpaired) electrons. The monoisotopic (exact) mass is 336 g/mol. The molecule has 2 aromatic rings. The van der Waals surface area contributed by atoms with Crippen LogP contribution in [0.5, 0.6) is 5.75 Å². The number of hydrogen-bond acceptors (Lipinski definition) is 5. The predicted octanol–water partition coefficient (Wildman–Crippen LogP) is 0.423. The Morgan fingerprint density at radius 1 is 1.39 bits per heavy atom. The van der Waals surface area contributed by atoms with E-state index in [-0.39, 0.29) is 22.8 Å². The van der Waals surface area contributed by atoms with E-state index in [2.05, 4.69) is 20.5 Å². The maximum absolute atomic E-state index is 11.8. The number of amides is 1. The molecule has 8 nitrogen and oxygen atoms in total. The highest BCUT2D eigenvalue weighted by Gasteiger charge is 2.10. The van der Waals surface area contributed by atoms with Crippen LogP contribution in [0.25, 0.3) is 0 Å². The standard InChI is InChI=1S/C14H13ClN4O4/c1-7-9(13(22)18-14(23)17-7)5-12(21)19-16-6-8-2-3-11(20)10(15)4-8/h2-4,6,20H,5H2,1H3,(H,19,21)(H2,17,18,22,23)/b16-6-. The zero-order chi connectivity index (χ0) is 17.0. The quantitative estimate of drug-likeness (QED) is 0.476. The fourth-order valence-electron chi connectivity index (χ4n) is 1.82. The largest absolute Gasteiger partial charge is 0.506 e. The first-order chi connectivity index (χ1) is 10.9. The Balaban J connectivity index is 2.03. The van der Waals surface area contributed by atoms with Crippen molar-refractivity contribution in [3.8, 4) is 5.75 Å². The van der Waals surface area contributed by atoms with Gasteiger partial charge in [0.15, 0.2) is 0 Å². The third-order valence-corrected chi connectivity index (χ3v) is 3.27. The zero-order valence-corrected chi connectivity index (χ0v) is 12.8. The lowest BCUT2D eigenvalue weighted by Gasteiger charge is -2.03. The van der Waals surface area contributed by atoms with Gasteiger partial charge in [0.1, 0.15) is 5.75 Å². The SMILES string of the molecule is Cc1[nH]c(=O)[nH]c(=O)c1CC(=O)N/N=C\c1ccc(O)c(Cl)c1. The van der Waals surface area contributed by atoms with E-state index in [0.29, 0.717) is 11.3 Å². The van der Waals surface area contributed by atoms with Crippen LogP contribution in [0.2, 0.25) is 5.02 Å². The van der Waals surface area contributed by atoms with E-state index in [4.69, 9.17) is 11.6 Å². The Kier molecular flexibility index (Phi) is 4.97. The van der Waals surface area contributed by atoms with Crippen molar-refractivity contribution in [3.05, 3.63) is 60.9 Å². The van der Waals surface area contributed by atoms with Crippen molar-refractivity contribution in [1.82, 2.24) is 15.4 Å². The van der Waals surface area contributed by atoms with Gasteiger partial charge in [-0.2, -0.15) is 5.10 Å². The van der Waals surface area contributed by atoms with Gasteiger partial charge in [-0.15, -0.1) is 0 Å². The van der Waals surface area contributed by atoms with E-state index >= 15 is 0 Å². The molecule has 0 saturated heterocycles. The van der Waals surface area contributed by atoms with Gasteiger partial charge in [0.2, 0.25) is 5.91 Å². The number of phenols is 1. The molecule has 0 fully saturated rings. The highest BCUT2D eigenvalue weighted by molar-refractivity contribution is 6.32. The number of aromatic nitrogens is 2. The molecule has 9 heteroatoms. The second-order valence-electron chi connectivity index (χ2n) is 4.69. The van der Waals surface area contributed by atoms with Gasteiger partial charge >= 0.3 is 5.69 Å². The second kappa shape index (κ2) is 6.93. The normalized spacial score (nSPS) is 10.9. The summed E-state index contributed by atoms with van der Waals surface area (Å²) in [5.41, 5.74) is 2.08. The van der Waals surface area contributed by atoms with Crippen molar-refractivity contribution < 1.29 is 9.90 Å². The van der Waals surface area contributed by atoms with Crippen LogP contribution in [0.3, 0.4) is 0 Å². The fourth-order valence-corrected chi connectivity index (χ4v) is 2.01. The number of halogens is 1. The summed E-state index contributed by atoms with van der Waals surface area (Å²) in [6.07, 6.45) is 1.11. The van der Waals surface area contributed by atoms with Crippen molar-refractivity contribution in [2.24, 2.45) is 5.10 Å². The Bertz CT molecular complexity index is 885. The molecule has 0 bridgehead atoms. The van der Waals surface area contributed by atoms with Crippen LogP contribution in [-0.4, -0.2) is 27.2 Å². The number of rotatable bonds is 4. The number of carbonyl (C=O) groups is 1. The van der Waals surface area contributed by atoms with Crippen LogP contribution in [0.4, 0.5) is 0 Å². The summed E-state index contributed by atoms with van der Waals surface area (Å²) >= 11 is 5.74. The molecular weight excluding hydrogens is 324 g/mol. The molecule has 23 heavy (non-hydrogen) atoms. The minimum absolute atomic E-state index is 0.0550. The van der Waals surface area contributed by atoms with Gasteiger partial charge in [-0.05, 0) is 30.7 Å². The van der Waals surface area contributed by atoms with Crippen LogP contribution in [0.15, 0.2) is 32.9 Å². The van der Waals surface area contributed by atoms with E-state index in [0.717, 1.165) is 0 Å². The summed E-state index contributed by atoms with van der Waals surface area (Å²) in [4.78, 5) is 38.9. The van der Waals surface area contributed by atoms with Crippen molar-refractivity contribution in [3.63, 3.8) is 0 Å². The summed E-state index contributed by atoms with van der Waals surface area (Å²) in [5, 5.41) is 13.2. The molecule has 1 amide bonds. The van der Waals surface area contributed by atoms with E-state index < -0.39 is 17.2 Å². The highest BCUT2D eigenvalue weighted by Crippen LogP contribution is 2.22. The van der Waals surface area contributed by atoms with Crippen LogP contribution in [-0.2, 0) is 11.2 Å². The van der Waals surface area contributed by atoms with Crippen molar-refractivity contribution in [2.75, 3.05) is 0 Å². The minimum atomic E-state index is -0.626. The Hall–Kier alpha value is -2.87. The molecular formula is C14H13ClN4O4. The summed E-state index contributed by atoms with van der Waals surface area (Å²) in [6.45, 7) is 1.53.